The zero-order valence-corrected chi connectivity index (χ0v) is 20.4. The number of carboxylic acid groups (broad SMARTS) is 1. The Bertz CT molecular complexity index is 957. The van der Waals surface area contributed by atoms with Crippen LogP contribution in [0, 0.1) is 11.7 Å². The Hall–Kier alpha value is -2.56. The van der Waals surface area contributed by atoms with Crippen molar-refractivity contribution in [1.82, 2.24) is 9.80 Å². The van der Waals surface area contributed by atoms with Gasteiger partial charge in [-0.1, -0.05) is 6.07 Å². The van der Waals surface area contributed by atoms with Gasteiger partial charge in [-0.15, -0.1) is 0 Å². The number of benzene rings is 1. The van der Waals surface area contributed by atoms with Gasteiger partial charge in [0.1, 0.15) is 5.82 Å². The maximum Gasteiger partial charge on any atom is 0.425 e. The molecule has 3 aliphatic heterocycles. The molecule has 1 unspecified atom stereocenters. The summed E-state index contributed by atoms with van der Waals surface area (Å²) in [6.07, 6.45) is -3.51. The zero-order chi connectivity index (χ0) is 26.1. The number of hydrogen-bond donors (Lipinski definition) is 1. The van der Waals surface area contributed by atoms with E-state index in [0.717, 1.165) is 37.6 Å². The van der Waals surface area contributed by atoms with Gasteiger partial charge in [0.15, 0.2) is 6.10 Å². The molecular weight excluding hydrogens is 482 g/mol. The van der Waals surface area contributed by atoms with E-state index < -0.39 is 24.3 Å². The van der Waals surface area contributed by atoms with Crippen molar-refractivity contribution in [2.75, 3.05) is 37.6 Å². The number of anilines is 1. The molecule has 1 N–H and O–H groups in total. The minimum absolute atomic E-state index is 0.172. The van der Waals surface area contributed by atoms with E-state index in [2.05, 4.69) is 14.5 Å². The van der Waals surface area contributed by atoms with Crippen molar-refractivity contribution in [1.29, 1.82) is 0 Å². The lowest BCUT2D eigenvalue weighted by Gasteiger charge is -2.45. The third-order valence-electron chi connectivity index (χ3n) is 8.03. The van der Waals surface area contributed by atoms with E-state index >= 15 is 0 Å². The summed E-state index contributed by atoms with van der Waals surface area (Å²) in [7, 11) is 0. The van der Waals surface area contributed by atoms with Gasteiger partial charge in [0.2, 0.25) is 0 Å². The average Bonchev–Trinajstić information content (AvgIpc) is 3.21. The molecule has 1 aromatic rings. The van der Waals surface area contributed by atoms with Gasteiger partial charge in [0.25, 0.3) is 0 Å². The van der Waals surface area contributed by atoms with Crippen LogP contribution in [0.2, 0.25) is 0 Å². The predicted molar refractivity (Wildman–Crippen MR) is 124 cm³/mol. The molecular formula is C25H33F4N3O4. The molecule has 1 amide bonds. The number of alkyl halides is 3. The summed E-state index contributed by atoms with van der Waals surface area (Å²) in [6, 6.07) is 4.73. The number of likely N-dealkylation sites (tertiary alicyclic amines) is 2. The van der Waals surface area contributed by atoms with Crippen molar-refractivity contribution >= 4 is 17.7 Å². The number of amides is 1. The van der Waals surface area contributed by atoms with Crippen molar-refractivity contribution in [3.8, 4) is 0 Å². The number of nitrogens with zero attached hydrogens (tertiary/aromatic N) is 3. The van der Waals surface area contributed by atoms with E-state index in [0.29, 0.717) is 58.4 Å². The van der Waals surface area contributed by atoms with Crippen molar-refractivity contribution in [2.24, 2.45) is 5.92 Å². The van der Waals surface area contributed by atoms with Crippen LogP contribution < -0.4 is 4.90 Å². The van der Waals surface area contributed by atoms with Crippen LogP contribution in [0.5, 0.6) is 0 Å². The predicted octanol–water partition coefficient (Wildman–Crippen LogP) is 4.64. The van der Waals surface area contributed by atoms with Crippen LogP contribution in [0.4, 0.5) is 28.0 Å². The molecule has 3 saturated heterocycles. The van der Waals surface area contributed by atoms with E-state index in [9.17, 15) is 32.3 Å². The van der Waals surface area contributed by atoms with E-state index in [1.165, 1.54) is 17.0 Å². The highest BCUT2D eigenvalue weighted by Gasteiger charge is 2.45. The molecule has 7 nitrogen and oxygen atoms in total. The van der Waals surface area contributed by atoms with Gasteiger partial charge in [0.05, 0.1) is 5.92 Å². The van der Waals surface area contributed by atoms with Gasteiger partial charge >= 0.3 is 18.2 Å². The molecule has 3 aliphatic rings. The number of rotatable bonds is 5. The van der Waals surface area contributed by atoms with Gasteiger partial charge < -0.3 is 19.6 Å². The van der Waals surface area contributed by atoms with Gasteiger partial charge in [-0.05, 0) is 69.7 Å². The third kappa shape index (κ3) is 5.71. The van der Waals surface area contributed by atoms with Crippen molar-refractivity contribution in [2.45, 2.75) is 69.8 Å². The fourth-order valence-corrected chi connectivity index (χ4v) is 5.74. The lowest BCUT2D eigenvalue weighted by atomic mass is 9.84. The minimum Gasteiger partial charge on any atom is -0.481 e. The lowest BCUT2D eigenvalue weighted by molar-refractivity contribution is -0.200. The topological polar surface area (TPSA) is 73.3 Å². The molecule has 0 aliphatic carbocycles. The fourth-order valence-electron chi connectivity index (χ4n) is 5.74. The molecule has 200 valence electrons. The maximum atomic E-state index is 14.2. The molecule has 1 atom stereocenters. The Kier molecular flexibility index (Phi) is 7.68. The molecule has 0 aromatic heterocycles. The molecule has 36 heavy (non-hydrogen) atoms. The summed E-state index contributed by atoms with van der Waals surface area (Å²) < 4.78 is 57.1. The van der Waals surface area contributed by atoms with Crippen LogP contribution in [0.3, 0.4) is 0 Å². The monoisotopic (exact) mass is 515 g/mol. The average molecular weight is 516 g/mol. The molecule has 3 fully saturated rings. The molecule has 0 bridgehead atoms. The van der Waals surface area contributed by atoms with Crippen LogP contribution in [-0.2, 0) is 16.1 Å². The fraction of sp³-hybridized carbons (Fsp3) is 0.680. The Balaban J connectivity index is 1.41. The number of hydrogen-bond acceptors (Lipinski definition) is 5. The second-order valence-electron chi connectivity index (χ2n) is 10.2. The number of halogens is 4. The Morgan fingerprint density at radius 2 is 1.78 bits per heavy atom. The second-order valence-corrected chi connectivity index (χ2v) is 10.2. The van der Waals surface area contributed by atoms with Crippen LogP contribution in [0.25, 0.3) is 0 Å². The van der Waals surface area contributed by atoms with Crippen LogP contribution >= 0.6 is 0 Å². The molecule has 1 spiro atoms. The normalized spacial score (nSPS) is 22.1. The Morgan fingerprint density at radius 1 is 1.11 bits per heavy atom. The summed E-state index contributed by atoms with van der Waals surface area (Å²) in [5, 5.41) is 9.29. The molecule has 11 heteroatoms. The summed E-state index contributed by atoms with van der Waals surface area (Å²) in [6.45, 7) is 3.99. The third-order valence-corrected chi connectivity index (χ3v) is 8.03. The van der Waals surface area contributed by atoms with E-state index in [-0.39, 0.29) is 17.3 Å². The largest absolute Gasteiger partial charge is 0.481 e. The number of ether oxygens (including phenoxy) is 1. The van der Waals surface area contributed by atoms with Crippen LogP contribution in [-0.4, -0.2) is 77.5 Å². The van der Waals surface area contributed by atoms with E-state index in [1.807, 2.05) is 0 Å². The Morgan fingerprint density at radius 3 is 2.39 bits per heavy atom. The molecule has 3 heterocycles. The highest BCUT2D eigenvalue weighted by atomic mass is 19.4. The first-order chi connectivity index (χ1) is 17.0. The number of piperidine rings is 2. The smallest absolute Gasteiger partial charge is 0.425 e. The Labute approximate surface area is 208 Å². The first-order valence-electron chi connectivity index (χ1n) is 12.5. The van der Waals surface area contributed by atoms with Gasteiger partial charge in [-0.2, -0.15) is 13.2 Å². The number of carbonyl (C=O) groups excluding carboxylic acids is 1. The zero-order valence-electron chi connectivity index (χ0n) is 20.4. The summed E-state index contributed by atoms with van der Waals surface area (Å²) in [4.78, 5) is 29.3. The first kappa shape index (κ1) is 26.5. The number of carbonyl (C=O) groups is 2. The highest BCUT2D eigenvalue weighted by Crippen LogP contribution is 2.41. The van der Waals surface area contributed by atoms with Crippen molar-refractivity contribution in [3.05, 3.63) is 29.6 Å². The van der Waals surface area contributed by atoms with E-state index in [1.54, 1.807) is 6.07 Å². The lowest BCUT2D eigenvalue weighted by Crippen LogP contribution is -2.53. The SMILES string of the molecule is CC(OC(=O)N1CCC2(CCCN2Cc2ccc(F)cc2N2CCC(C(=O)O)CC2)CC1)C(F)(F)F. The minimum atomic E-state index is -4.59. The van der Waals surface area contributed by atoms with Crippen molar-refractivity contribution < 1.29 is 37.0 Å². The first-order valence-corrected chi connectivity index (χ1v) is 12.5. The molecule has 0 saturated carbocycles. The summed E-state index contributed by atoms with van der Waals surface area (Å²) >= 11 is 0. The maximum absolute atomic E-state index is 14.2. The quantitative estimate of drug-likeness (QED) is 0.576. The van der Waals surface area contributed by atoms with Crippen LogP contribution in [0.15, 0.2) is 18.2 Å². The van der Waals surface area contributed by atoms with Gasteiger partial charge in [-0.25, -0.2) is 9.18 Å². The highest BCUT2D eigenvalue weighted by molar-refractivity contribution is 5.70. The standard InChI is InChI=1S/C25H33F4N3O4/c1-17(25(27,28)29)36-23(35)31-13-8-24(9-14-31)7-2-10-32(24)16-19-3-4-20(26)15-21(19)30-11-5-18(6-12-30)22(33)34/h3-4,15,17-18H,2,5-14,16H2,1H3,(H,33,34). The second kappa shape index (κ2) is 10.4. The molecule has 4 rings (SSSR count). The van der Waals surface area contributed by atoms with Crippen LogP contribution in [0.1, 0.15) is 51.0 Å². The summed E-state index contributed by atoms with van der Waals surface area (Å²) in [5.74, 6) is -1.52. The number of carboxylic acids is 1. The van der Waals surface area contributed by atoms with Gasteiger partial charge in [-0.3, -0.25) is 9.69 Å². The van der Waals surface area contributed by atoms with E-state index in [4.69, 9.17) is 0 Å². The molecule has 1 aromatic carbocycles. The van der Waals surface area contributed by atoms with Gasteiger partial charge in [0, 0.05) is 44.0 Å². The number of aliphatic carboxylic acids is 1. The summed E-state index contributed by atoms with van der Waals surface area (Å²) in [5.41, 5.74) is 1.57. The van der Waals surface area contributed by atoms with Crippen molar-refractivity contribution in [3.63, 3.8) is 0 Å². The molecule has 0 radical (unpaired) electrons.